The molecule has 0 amide bonds. The second-order valence-corrected chi connectivity index (χ2v) is 7.12. The molecule has 0 aliphatic carbocycles. The van der Waals surface area contributed by atoms with Crippen molar-refractivity contribution in [3.05, 3.63) is 34.2 Å². The van der Waals surface area contributed by atoms with Gasteiger partial charge in [-0.2, -0.15) is 0 Å². The fourth-order valence-corrected chi connectivity index (χ4v) is 3.80. The van der Waals surface area contributed by atoms with Crippen LogP contribution in [-0.2, 0) is 16.6 Å². The van der Waals surface area contributed by atoms with Gasteiger partial charge in [0.1, 0.15) is 16.4 Å². The number of hydrogen-bond donors (Lipinski definition) is 2. The van der Waals surface area contributed by atoms with Crippen molar-refractivity contribution in [1.82, 2.24) is 9.71 Å². The molecule has 8 heteroatoms. The first kappa shape index (κ1) is 15.2. The fraction of sp³-hybridized carbons (Fsp3) is 0.417. The molecule has 2 rings (SSSR count). The monoisotopic (exact) mass is 315 g/mol. The van der Waals surface area contributed by atoms with Gasteiger partial charge < -0.3 is 10.2 Å². The molecule has 6 nitrogen and oxygen atoms in total. The van der Waals surface area contributed by atoms with E-state index in [2.05, 4.69) is 9.71 Å². The first-order valence-electron chi connectivity index (χ1n) is 6.12. The summed E-state index contributed by atoms with van der Waals surface area (Å²) in [7, 11) is -3.59. The predicted octanol–water partition coefficient (Wildman–Crippen LogP) is 1.59. The first-order valence-corrected chi connectivity index (χ1v) is 8.48. The number of rotatable bonds is 6. The number of aromatic nitrogens is 1. The SMILES string of the molecule is Cc1oc(CN)cc1S(=O)(=O)NCC(C)c1nccs1. The summed E-state index contributed by atoms with van der Waals surface area (Å²) in [5.74, 6) is 0.821. The third-order valence-electron chi connectivity index (χ3n) is 2.87. The molecule has 0 aromatic carbocycles. The van der Waals surface area contributed by atoms with E-state index in [0.717, 1.165) is 5.01 Å². The van der Waals surface area contributed by atoms with E-state index in [9.17, 15) is 8.42 Å². The number of nitrogens with two attached hydrogens (primary N) is 1. The van der Waals surface area contributed by atoms with Gasteiger partial charge in [-0.3, -0.25) is 0 Å². The molecule has 1 atom stereocenters. The van der Waals surface area contributed by atoms with Crippen molar-refractivity contribution in [2.75, 3.05) is 6.54 Å². The molecule has 2 aromatic rings. The summed E-state index contributed by atoms with van der Waals surface area (Å²) in [6, 6.07) is 1.46. The Bertz CT molecular complexity index is 662. The number of hydrogen-bond acceptors (Lipinski definition) is 6. The van der Waals surface area contributed by atoms with Crippen LogP contribution in [0.15, 0.2) is 27.0 Å². The molecule has 0 aliphatic rings. The zero-order chi connectivity index (χ0) is 14.8. The summed E-state index contributed by atoms with van der Waals surface area (Å²) >= 11 is 1.51. The maximum Gasteiger partial charge on any atom is 0.244 e. The van der Waals surface area contributed by atoms with Gasteiger partial charge in [0, 0.05) is 30.1 Å². The van der Waals surface area contributed by atoms with Crippen molar-refractivity contribution < 1.29 is 12.8 Å². The summed E-state index contributed by atoms with van der Waals surface area (Å²) in [5.41, 5.74) is 5.45. The Kier molecular flexibility index (Phi) is 4.59. The van der Waals surface area contributed by atoms with Gasteiger partial charge in [0.2, 0.25) is 10.0 Å². The fourth-order valence-electron chi connectivity index (χ4n) is 1.77. The Labute approximate surface area is 122 Å². The molecule has 0 bridgehead atoms. The molecule has 2 heterocycles. The van der Waals surface area contributed by atoms with Crippen LogP contribution in [0.2, 0.25) is 0 Å². The summed E-state index contributed by atoms with van der Waals surface area (Å²) in [5, 5.41) is 2.77. The van der Waals surface area contributed by atoms with E-state index < -0.39 is 10.0 Å². The van der Waals surface area contributed by atoms with Gasteiger partial charge in [0.25, 0.3) is 0 Å². The van der Waals surface area contributed by atoms with Gasteiger partial charge in [-0.1, -0.05) is 6.92 Å². The molecule has 20 heavy (non-hydrogen) atoms. The Morgan fingerprint density at radius 2 is 2.30 bits per heavy atom. The molecule has 110 valence electrons. The number of nitrogens with zero attached hydrogens (tertiary/aromatic N) is 1. The molecule has 0 saturated carbocycles. The minimum atomic E-state index is -3.59. The highest BCUT2D eigenvalue weighted by Crippen LogP contribution is 2.21. The van der Waals surface area contributed by atoms with Crippen LogP contribution in [0.25, 0.3) is 0 Å². The van der Waals surface area contributed by atoms with E-state index in [1.165, 1.54) is 17.4 Å². The third kappa shape index (κ3) is 3.26. The quantitative estimate of drug-likeness (QED) is 0.843. The van der Waals surface area contributed by atoms with Crippen LogP contribution in [0.5, 0.6) is 0 Å². The van der Waals surface area contributed by atoms with Crippen molar-refractivity contribution in [3.63, 3.8) is 0 Å². The van der Waals surface area contributed by atoms with E-state index in [1.807, 2.05) is 12.3 Å². The molecule has 2 aromatic heterocycles. The number of thiazole rings is 1. The normalized spacial score (nSPS) is 13.6. The van der Waals surface area contributed by atoms with Gasteiger partial charge >= 0.3 is 0 Å². The topological polar surface area (TPSA) is 98.2 Å². The van der Waals surface area contributed by atoms with Gasteiger partial charge in [0.15, 0.2) is 0 Å². The molecular weight excluding hydrogens is 298 g/mol. The van der Waals surface area contributed by atoms with Gasteiger partial charge in [-0.25, -0.2) is 18.1 Å². The van der Waals surface area contributed by atoms with Crippen molar-refractivity contribution in [3.8, 4) is 0 Å². The zero-order valence-electron chi connectivity index (χ0n) is 11.3. The highest BCUT2D eigenvalue weighted by atomic mass is 32.2. The van der Waals surface area contributed by atoms with E-state index in [-0.39, 0.29) is 17.4 Å². The van der Waals surface area contributed by atoms with Gasteiger partial charge in [-0.05, 0) is 6.92 Å². The predicted molar refractivity (Wildman–Crippen MR) is 77.1 cm³/mol. The largest absolute Gasteiger partial charge is 0.464 e. The second-order valence-electron chi connectivity index (χ2n) is 4.46. The van der Waals surface area contributed by atoms with Gasteiger partial charge in [-0.15, -0.1) is 11.3 Å². The molecule has 0 aliphatic heterocycles. The first-order chi connectivity index (χ1) is 9.44. The maximum atomic E-state index is 12.2. The molecule has 0 spiro atoms. The average Bonchev–Trinajstić information content (AvgIpc) is 3.05. The lowest BCUT2D eigenvalue weighted by Gasteiger charge is -2.10. The maximum absolute atomic E-state index is 12.2. The van der Waals surface area contributed by atoms with Gasteiger partial charge in [0.05, 0.1) is 11.6 Å². The van der Waals surface area contributed by atoms with Crippen molar-refractivity contribution in [2.24, 2.45) is 5.73 Å². The smallest absolute Gasteiger partial charge is 0.244 e. The van der Waals surface area contributed by atoms with E-state index in [0.29, 0.717) is 18.1 Å². The number of sulfonamides is 1. The zero-order valence-corrected chi connectivity index (χ0v) is 12.9. The molecule has 3 N–H and O–H groups in total. The Morgan fingerprint density at radius 1 is 1.55 bits per heavy atom. The van der Waals surface area contributed by atoms with Crippen LogP contribution < -0.4 is 10.5 Å². The lowest BCUT2D eigenvalue weighted by molar-refractivity contribution is 0.478. The minimum Gasteiger partial charge on any atom is -0.464 e. The summed E-state index contributed by atoms with van der Waals surface area (Å²) in [6.07, 6.45) is 1.71. The Balaban J connectivity index is 2.09. The second kappa shape index (κ2) is 6.04. The van der Waals surface area contributed by atoms with Crippen LogP contribution in [0.3, 0.4) is 0 Å². The van der Waals surface area contributed by atoms with Crippen molar-refractivity contribution in [2.45, 2.75) is 31.2 Å². The Morgan fingerprint density at radius 3 is 2.85 bits per heavy atom. The average molecular weight is 315 g/mol. The summed E-state index contributed by atoms with van der Waals surface area (Å²) < 4.78 is 32.3. The van der Waals surface area contributed by atoms with Crippen LogP contribution >= 0.6 is 11.3 Å². The van der Waals surface area contributed by atoms with Crippen molar-refractivity contribution >= 4 is 21.4 Å². The molecule has 0 radical (unpaired) electrons. The van der Waals surface area contributed by atoms with Crippen molar-refractivity contribution in [1.29, 1.82) is 0 Å². The lowest BCUT2D eigenvalue weighted by atomic mass is 10.2. The molecular formula is C12H17N3O3S2. The minimum absolute atomic E-state index is 0.0194. The number of aryl methyl sites for hydroxylation is 1. The molecule has 1 unspecified atom stereocenters. The molecule has 0 fully saturated rings. The summed E-state index contributed by atoms with van der Waals surface area (Å²) in [4.78, 5) is 4.32. The van der Waals surface area contributed by atoms with E-state index >= 15 is 0 Å². The number of furan rings is 1. The third-order valence-corrected chi connectivity index (χ3v) is 5.40. The highest BCUT2D eigenvalue weighted by molar-refractivity contribution is 7.89. The highest BCUT2D eigenvalue weighted by Gasteiger charge is 2.22. The van der Waals surface area contributed by atoms with E-state index in [1.54, 1.807) is 13.1 Å². The van der Waals surface area contributed by atoms with Crippen LogP contribution in [0.4, 0.5) is 0 Å². The van der Waals surface area contributed by atoms with Crippen LogP contribution in [0, 0.1) is 6.92 Å². The lowest BCUT2D eigenvalue weighted by Crippen LogP contribution is -2.27. The standard InChI is InChI=1S/C12H17N3O3S2/c1-8(12-14-3-4-19-12)7-15-20(16,17)11-5-10(6-13)18-9(11)2/h3-5,8,15H,6-7,13H2,1-2H3. The molecule has 0 saturated heterocycles. The number of nitrogens with one attached hydrogen (secondary N) is 1. The summed E-state index contributed by atoms with van der Waals surface area (Å²) in [6.45, 7) is 4.00. The Hall–Kier alpha value is -1.22. The van der Waals surface area contributed by atoms with E-state index in [4.69, 9.17) is 10.2 Å². The van der Waals surface area contributed by atoms with Crippen LogP contribution in [-0.4, -0.2) is 19.9 Å². The van der Waals surface area contributed by atoms with Crippen LogP contribution in [0.1, 0.15) is 29.4 Å².